The Labute approximate surface area is 180 Å². The largest absolute Gasteiger partial charge is 0.444 e. The first kappa shape index (κ1) is 25.7. The van der Waals surface area contributed by atoms with Crippen molar-refractivity contribution in [1.29, 1.82) is 0 Å². The number of rotatable bonds is 9. The Morgan fingerprint density at radius 3 is 2.33 bits per heavy atom. The van der Waals surface area contributed by atoms with Gasteiger partial charge in [-0.15, -0.1) is 0 Å². The number of sulfonamides is 1. The van der Waals surface area contributed by atoms with Crippen molar-refractivity contribution in [3.63, 3.8) is 0 Å². The van der Waals surface area contributed by atoms with Crippen molar-refractivity contribution in [3.8, 4) is 0 Å². The highest BCUT2D eigenvalue weighted by Gasteiger charge is 2.20. The Hall–Kier alpha value is -2.33. The van der Waals surface area contributed by atoms with E-state index in [0.717, 1.165) is 0 Å². The third-order valence-electron chi connectivity index (χ3n) is 3.80. The third-order valence-corrected chi connectivity index (χ3v) is 5.71. The summed E-state index contributed by atoms with van der Waals surface area (Å²) in [5.41, 5.74) is 0.0961. The number of nitrogens with one attached hydrogen (secondary N) is 3. The standard InChI is InChI=1S/C20H35N5O4S/c1-7-21-18(22-13-10-14-23-19(26)29-20(2,3)4)24-15-16-11-8-9-12-17(16)30(27,28)25(5)6/h8-9,11-12H,7,10,13-15H2,1-6H3,(H,23,26)(H2,21,22,24). The summed E-state index contributed by atoms with van der Waals surface area (Å²) in [4.78, 5) is 16.4. The fourth-order valence-electron chi connectivity index (χ4n) is 2.39. The quantitative estimate of drug-likeness (QED) is 0.307. The molecule has 0 fully saturated rings. The van der Waals surface area contributed by atoms with E-state index in [1.165, 1.54) is 18.4 Å². The molecule has 1 aromatic carbocycles. The molecule has 0 spiro atoms. The molecule has 0 saturated heterocycles. The Balaban J connectivity index is 2.65. The van der Waals surface area contributed by atoms with E-state index in [9.17, 15) is 13.2 Å². The molecule has 0 atom stereocenters. The maximum Gasteiger partial charge on any atom is 0.407 e. The second-order valence-corrected chi connectivity index (χ2v) is 9.92. The average molecular weight is 442 g/mol. The van der Waals surface area contributed by atoms with E-state index < -0.39 is 21.7 Å². The lowest BCUT2D eigenvalue weighted by atomic mass is 10.2. The summed E-state index contributed by atoms with van der Waals surface area (Å²) in [7, 11) is -0.530. The summed E-state index contributed by atoms with van der Waals surface area (Å²) in [5, 5.41) is 9.02. The molecule has 0 aliphatic carbocycles. The van der Waals surface area contributed by atoms with Gasteiger partial charge in [-0.2, -0.15) is 0 Å². The first-order chi connectivity index (χ1) is 14.0. The number of alkyl carbamates (subject to hydrolysis) is 1. The lowest BCUT2D eigenvalue weighted by Crippen LogP contribution is -2.39. The monoisotopic (exact) mass is 441 g/mol. The number of carbonyl (C=O) groups excluding carboxylic acids is 1. The number of hydrogen-bond acceptors (Lipinski definition) is 5. The molecule has 0 aliphatic heterocycles. The molecule has 3 N–H and O–H groups in total. The summed E-state index contributed by atoms with van der Waals surface area (Å²) >= 11 is 0. The van der Waals surface area contributed by atoms with E-state index in [2.05, 4.69) is 20.9 Å². The first-order valence-corrected chi connectivity index (χ1v) is 11.4. The molecule has 0 aliphatic rings. The highest BCUT2D eigenvalue weighted by molar-refractivity contribution is 7.89. The fraction of sp³-hybridized carbons (Fsp3) is 0.600. The lowest BCUT2D eigenvalue weighted by molar-refractivity contribution is 0.0527. The van der Waals surface area contributed by atoms with Gasteiger partial charge in [-0.05, 0) is 45.7 Å². The Morgan fingerprint density at radius 1 is 1.10 bits per heavy atom. The Kier molecular flexibility index (Phi) is 10.1. The predicted octanol–water partition coefficient (Wildman–Crippen LogP) is 1.91. The smallest absolute Gasteiger partial charge is 0.407 e. The minimum atomic E-state index is -3.54. The van der Waals surface area contributed by atoms with E-state index in [0.29, 0.717) is 37.6 Å². The molecule has 0 heterocycles. The molecule has 0 saturated carbocycles. The number of aliphatic imine (C=N–C) groups is 1. The first-order valence-electron chi connectivity index (χ1n) is 9.97. The van der Waals surface area contributed by atoms with Gasteiger partial charge in [0.25, 0.3) is 0 Å². The van der Waals surface area contributed by atoms with Gasteiger partial charge >= 0.3 is 6.09 Å². The van der Waals surface area contributed by atoms with Crippen molar-refractivity contribution in [2.24, 2.45) is 4.99 Å². The number of amides is 1. The molecule has 1 amide bonds. The van der Waals surface area contributed by atoms with Crippen LogP contribution in [0, 0.1) is 0 Å². The molecule has 0 bridgehead atoms. The zero-order valence-corrected chi connectivity index (χ0v) is 19.6. The van der Waals surface area contributed by atoms with Crippen LogP contribution in [0.25, 0.3) is 0 Å². The SMILES string of the molecule is CCNC(=NCc1ccccc1S(=O)(=O)N(C)C)NCCCNC(=O)OC(C)(C)C. The van der Waals surface area contributed by atoms with Crippen LogP contribution in [0.1, 0.15) is 39.7 Å². The van der Waals surface area contributed by atoms with Crippen LogP contribution in [0.2, 0.25) is 0 Å². The van der Waals surface area contributed by atoms with Gasteiger partial charge in [0.15, 0.2) is 5.96 Å². The average Bonchev–Trinajstić information content (AvgIpc) is 2.64. The molecule has 0 aromatic heterocycles. The molecule has 10 heteroatoms. The van der Waals surface area contributed by atoms with E-state index in [4.69, 9.17) is 4.74 Å². The fourth-order valence-corrected chi connectivity index (χ4v) is 3.50. The number of nitrogens with zero attached hydrogens (tertiary/aromatic N) is 2. The highest BCUT2D eigenvalue weighted by atomic mass is 32.2. The molecule has 170 valence electrons. The van der Waals surface area contributed by atoms with Crippen LogP contribution in [0.15, 0.2) is 34.2 Å². The van der Waals surface area contributed by atoms with Crippen molar-refractivity contribution in [1.82, 2.24) is 20.3 Å². The van der Waals surface area contributed by atoms with Crippen LogP contribution in [0.3, 0.4) is 0 Å². The predicted molar refractivity (Wildman–Crippen MR) is 119 cm³/mol. The summed E-state index contributed by atoms with van der Waals surface area (Å²) in [6.45, 7) is 9.32. The Bertz CT molecular complexity index is 817. The van der Waals surface area contributed by atoms with Gasteiger partial charge in [-0.25, -0.2) is 22.5 Å². The molecule has 0 radical (unpaired) electrons. The normalized spacial score (nSPS) is 12.6. The minimum Gasteiger partial charge on any atom is -0.444 e. The third kappa shape index (κ3) is 9.00. The maximum atomic E-state index is 12.5. The molecule has 1 rings (SSSR count). The van der Waals surface area contributed by atoms with Gasteiger partial charge in [-0.1, -0.05) is 18.2 Å². The van der Waals surface area contributed by atoms with Gasteiger partial charge < -0.3 is 20.7 Å². The summed E-state index contributed by atoms with van der Waals surface area (Å²) in [6.07, 6.45) is 0.233. The van der Waals surface area contributed by atoms with Crippen molar-refractivity contribution >= 4 is 22.1 Å². The second-order valence-electron chi connectivity index (χ2n) is 7.80. The Morgan fingerprint density at radius 2 is 1.73 bits per heavy atom. The van der Waals surface area contributed by atoms with Gasteiger partial charge in [0.05, 0.1) is 11.4 Å². The summed E-state index contributed by atoms with van der Waals surface area (Å²) in [6, 6.07) is 6.84. The van der Waals surface area contributed by atoms with Crippen LogP contribution < -0.4 is 16.0 Å². The number of hydrogen-bond donors (Lipinski definition) is 3. The molecule has 30 heavy (non-hydrogen) atoms. The van der Waals surface area contributed by atoms with E-state index in [1.54, 1.807) is 24.3 Å². The zero-order chi connectivity index (χ0) is 22.8. The van der Waals surface area contributed by atoms with Crippen LogP contribution >= 0.6 is 0 Å². The van der Waals surface area contributed by atoms with Crippen LogP contribution in [-0.4, -0.2) is 64.1 Å². The van der Waals surface area contributed by atoms with Crippen molar-refractivity contribution in [2.45, 2.75) is 51.2 Å². The summed E-state index contributed by atoms with van der Waals surface area (Å²) < 4.78 is 31.4. The van der Waals surface area contributed by atoms with Crippen LogP contribution in [0.5, 0.6) is 0 Å². The van der Waals surface area contributed by atoms with Crippen molar-refractivity contribution in [2.75, 3.05) is 33.7 Å². The van der Waals surface area contributed by atoms with Crippen LogP contribution in [-0.2, 0) is 21.3 Å². The summed E-state index contributed by atoms with van der Waals surface area (Å²) in [5.74, 6) is 0.576. The van der Waals surface area contributed by atoms with Crippen molar-refractivity contribution < 1.29 is 17.9 Å². The molecule has 0 unspecified atom stereocenters. The molecular formula is C20H35N5O4S. The molecule has 9 nitrogen and oxygen atoms in total. The number of ether oxygens (including phenoxy) is 1. The minimum absolute atomic E-state index is 0.217. The van der Waals surface area contributed by atoms with Gasteiger partial charge in [-0.3, -0.25) is 0 Å². The van der Waals surface area contributed by atoms with E-state index >= 15 is 0 Å². The van der Waals surface area contributed by atoms with E-state index in [-0.39, 0.29) is 11.4 Å². The van der Waals surface area contributed by atoms with Gasteiger partial charge in [0.1, 0.15) is 5.60 Å². The molecular weight excluding hydrogens is 406 g/mol. The number of carbonyl (C=O) groups is 1. The van der Waals surface area contributed by atoms with Gasteiger partial charge in [0.2, 0.25) is 10.0 Å². The van der Waals surface area contributed by atoms with E-state index in [1.807, 2.05) is 27.7 Å². The second kappa shape index (κ2) is 11.8. The molecule has 1 aromatic rings. The topological polar surface area (TPSA) is 112 Å². The van der Waals surface area contributed by atoms with Crippen molar-refractivity contribution in [3.05, 3.63) is 29.8 Å². The highest BCUT2D eigenvalue weighted by Crippen LogP contribution is 2.19. The van der Waals surface area contributed by atoms with Gasteiger partial charge in [0, 0.05) is 33.7 Å². The maximum absolute atomic E-state index is 12.5. The lowest BCUT2D eigenvalue weighted by Gasteiger charge is -2.19. The van der Waals surface area contributed by atoms with Crippen LogP contribution in [0.4, 0.5) is 4.79 Å². The zero-order valence-electron chi connectivity index (χ0n) is 18.8. The number of guanidine groups is 1. The number of benzene rings is 1.